The van der Waals surface area contributed by atoms with Crippen LogP contribution in [0.2, 0.25) is 0 Å². The van der Waals surface area contributed by atoms with E-state index in [0.29, 0.717) is 11.4 Å². The Labute approximate surface area is 99.0 Å². The Bertz CT molecular complexity index is 476. The minimum absolute atomic E-state index is 0.148. The van der Waals surface area contributed by atoms with E-state index < -0.39 is 0 Å². The number of rotatable bonds is 4. The predicted molar refractivity (Wildman–Crippen MR) is 66.8 cm³/mol. The molecule has 0 atom stereocenters. The van der Waals surface area contributed by atoms with Gasteiger partial charge in [0.25, 0.3) is 0 Å². The second-order valence-corrected chi connectivity index (χ2v) is 4.44. The zero-order valence-corrected chi connectivity index (χ0v) is 9.96. The molecule has 16 heavy (non-hydrogen) atoms. The number of carbonyl (C=O) groups is 1. The highest BCUT2D eigenvalue weighted by atomic mass is 32.1. The molecule has 3 heteroatoms. The van der Waals surface area contributed by atoms with Crippen LogP contribution in [0.3, 0.4) is 0 Å². The van der Waals surface area contributed by atoms with Gasteiger partial charge in [-0.1, -0.05) is 37.3 Å². The van der Waals surface area contributed by atoms with Crippen LogP contribution in [0.15, 0.2) is 35.7 Å². The molecule has 1 aromatic heterocycles. The fourth-order valence-corrected chi connectivity index (χ4v) is 2.27. The Balaban J connectivity index is 2.23. The molecule has 0 spiro atoms. The summed E-state index contributed by atoms with van der Waals surface area (Å²) in [6.45, 7) is 2.00. The lowest BCUT2D eigenvalue weighted by Gasteiger charge is -1.94. The van der Waals surface area contributed by atoms with Crippen LogP contribution >= 0.6 is 11.3 Å². The minimum Gasteiger partial charge on any atom is -0.292 e. The van der Waals surface area contributed by atoms with Crippen LogP contribution in [0.1, 0.15) is 29.6 Å². The van der Waals surface area contributed by atoms with E-state index in [1.54, 1.807) is 0 Å². The van der Waals surface area contributed by atoms with Crippen molar-refractivity contribution in [2.45, 2.75) is 19.8 Å². The van der Waals surface area contributed by atoms with Crippen LogP contribution < -0.4 is 0 Å². The largest absolute Gasteiger partial charge is 0.292 e. The highest BCUT2D eigenvalue weighted by molar-refractivity contribution is 7.12. The molecule has 2 aromatic rings. The summed E-state index contributed by atoms with van der Waals surface area (Å²) >= 11 is 1.43. The third-order valence-electron chi connectivity index (χ3n) is 2.29. The Kier molecular flexibility index (Phi) is 3.47. The van der Waals surface area contributed by atoms with Gasteiger partial charge in [-0.25, -0.2) is 4.98 Å². The first-order chi connectivity index (χ1) is 7.81. The first-order valence-corrected chi connectivity index (χ1v) is 6.23. The average molecular weight is 231 g/mol. The summed E-state index contributed by atoms with van der Waals surface area (Å²) in [5.41, 5.74) is 1.96. The monoisotopic (exact) mass is 231 g/mol. The fraction of sp³-hybridized carbons (Fsp3) is 0.231. The Morgan fingerprint density at radius 3 is 2.75 bits per heavy atom. The van der Waals surface area contributed by atoms with Crippen molar-refractivity contribution in [2.24, 2.45) is 0 Å². The van der Waals surface area contributed by atoms with E-state index in [2.05, 4.69) is 4.98 Å². The molecule has 0 saturated heterocycles. The molecule has 2 nitrogen and oxygen atoms in total. The fourth-order valence-electron chi connectivity index (χ4n) is 1.48. The van der Waals surface area contributed by atoms with Gasteiger partial charge < -0.3 is 0 Å². The van der Waals surface area contributed by atoms with E-state index >= 15 is 0 Å². The first-order valence-electron chi connectivity index (χ1n) is 5.35. The van der Waals surface area contributed by atoms with Crippen LogP contribution in [0.25, 0.3) is 11.3 Å². The maximum atomic E-state index is 11.6. The first kappa shape index (κ1) is 11.0. The molecule has 1 heterocycles. The van der Waals surface area contributed by atoms with Gasteiger partial charge in [0.15, 0.2) is 10.8 Å². The molecular formula is C13H13NOS. The molecule has 0 fully saturated rings. The summed E-state index contributed by atoms with van der Waals surface area (Å²) in [4.78, 5) is 16.0. The van der Waals surface area contributed by atoms with Crippen molar-refractivity contribution in [1.29, 1.82) is 0 Å². The van der Waals surface area contributed by atoms with Gasteiger partial charge >= 0.3 is 0 Å². The molecule has 0 bridgehead atoms. The highest BCUT2D eigenvalue weighted by Crippen LogP contribution is 2.22. The standard InChI is InChI=1S/C13H13NOS/c1-2-6-12(15)13-14-11(9-16-13)10-7-4-3-5-8-10/h3-5,7-9H,2,6H2,1H3. The zero-order chi connectivity index (χ0) is 11.4. The summed E-state index contributed by atoms with van der Waals surface area (Å²) in [5.74, 6) is 0.148. The summed E-state index contributed by atoms with van der Waals surface area (Å²) in [5, 5.41) is 2.57. The number of aromatic nitrogens is 1. The summed E-state index contributed by atoms with van der Waals surface area (Å²) < 4.78 is 0. The number of carbonyl (C=O) groups excluding carboxylic acids is 1. The number of hydrogen-bond donors (Lipinski definition) is 0. The van der Waals surface area contributed by atoms with Gasteiger partial charge in [0, 0.05) is 17.4 Å². The molecule has 0 aliphatic carbocycles. The normalized spacial score (nSPS) is 10.3. The molecular weight excluding hydrogens is 218 g/mol. The minimum atomic E-state index is 0.148. The van der Waals surface area contributed by atoms with Crippen LogP contribution in [0, 0.1) is 0 Å². The van der Waals surface area contributed by atoms with Crippen molar-refractivity contribution in [1.82, 2.24) is 4.98 Å². The Hall–Kier alpha value is -1.48. The molecule has 2 rings (SSSR count). The number of thiazole rings is 1. The van der Waals surface area contributed by atoms with Crippen LogP contribution in [0.5, 0.6) is 0 Å². The average Bonchev–Trinajstić information content (AvgIpc) is 2.80. The molecule has 0 aliphatic rings. The van der Waals surface area contributed by atoms with Gasteiger partial charge in [-0.2, -0.15) is 0 Å². The van der Waals surface area contributed by atoms with Gasteiger partial charge in [0.05, 0.1) is 5.69 Å². The van der Waals surface area contributed by atoms with Gasteiger partial charge in [0.1, 0.15) is 0 Å². The van der Waals surface area contributed by atoms with Crippen LogP contribution in [-0.2, 0) is 0 Å². The second kappa shape index (κ2) is 5.03. The third-order valence-corrected chi connectivity index (χ3v) is 3.17. The van der Waals surface area contributed by atoms with Crippen molar-refractivity contribution in [2.75, 3.05) is 0 Å². The number of Topliss-reactive ketones (excluding diaryl/α,β-unsaturated/α-hetero) is 1. The molecule has 0 unspecified atom stereocenters. The van der Waals surface area contributed by atoms with E-state index in [1.807, 2.05) is 42.6 Å². The maximum absolute atomic E-state index is 11.6. The van der Waals surface area contributed by atoms with Crippen molar-refractivity contribution in [3.63, 3.8) is 0 Å². The Morgan fingerprint density at radius 2 is 2.06 bits per heavy atom. The van der Waals surface area contributed by atoms with E-state index in [4.69, 9.17) is 0 Å². The smallest absolute Gasteiger partial charge is 0.191 e. The predicted octanol–water partition coefficient (Wildman–Crippen LogP) is 3.79. The summed E-state index contributed by atoms with van der Waals surface area (Å²) in [6.07, 6.45) is 1.46. The number of hydrogen-bond acceptors (Lipinski definition) is 3. The molecule has 1 aromatic carbocycles. The van der Waals surface area contributed by atoms with E-state index in [-0.39, 0.29) is 5.78 Å². The molecule has 0 aliphatic heterocycles. The van der Waals surface area contributed by atoms with Gasteiger partial charge in [0.2, 0.25) is 0 Å². The van der Waals surface area contributed by atoms with Gasteiger partial charge in [-0.05, 0) is 6.42 Å². The lowest BCUT2D eigenvalue weighted by Crippen LogP contribution is -1.96. The van der Waals surface area contributed by atoms with Crippen LogP contribution in [-0.4, -0.2) is 10.8 Å². The second-order valence-electron chi connectivity index (χ2n) is 3.58. The topological polar surface area (TPSA) is 30.0 Å². The lowest BCUT2D eigenvalue weighted by atomic mass is 10.2. The third kappa shape index (κ3) is 2.36. The van der Waals surface area contributed by atoms with Gasteiger partial charge in [-0.3, -0.25) is 4.79 Å². The van der Waals surface area contributed by atoms with Crippen molar-refractivity contribution in [3.8, 4) is 11.3 Å². The van der Waals surface area contributed by atoms with Crippen molar-refractivity contribution >= 4 is 17.1 Å². The number of benzene rings is 1. The highest BCUT2D eigenvalue weighted by Gasteiger charge is 2.10. The summed E-state index contributed by atoms with van der Waals surface area (Å²) in [7, 11) is 0. The van der Waals surface area contributed by atoms with E-state index in [1.165, 1.54) is 11.3 Å². The van der Waals surface area contributed by atoms with Crippen LogP contribution in [0.4, 0.5) is 0 Å². The molecule has 0 radical (unpaired) electrons. The van der Waals surface area contributed by atoms with Crippen molar-refractivity contribution in [3.05, 3.63) is 40.7 Å². The summed E-state index contributed by atoms with van der Waals surface area (Å²) in [6, 6.07) is 9.93. The van der Waals surface area contributed by atoms with Crippen molar-refractivity contribution < 1.29 is 4.79 Å². The zero-order valence-electron chi connectivity index (χ0n) is 9.14. The van der Waals surface area contributed by atoms with Gasteiger partial charge in [-0.15, -0.1) is 11.3 Å². The van der Waals surface area contributed by atoms with E-state index in [0.717, 1.165) is 17.7 Å². The Morgan fingerprint density at radius 1 is 1.31 bits per heavy atom. The molecule has 0 saturated carbocycles. The quantitative estimate of drug-likeness (QED) is 0.749. The molecule has 82 valence electrons. The molecule has 0 amide bonds. The SMILES string of the molecule is CCCC(=O)c1nc(-c2ccccc2)cs1. The van der Waals surface area contributed by atoms with E-state index in [9.17, 15) is 4.79 Å². The molecule has 0 N–H and O–H groups in total. The lowest BCUT2D eigenvalue weighted by molar-refractivity contribution is 0.0981. The number of ketones is 1. The maximum Gasteiger partial charge on any atom is 0.191 e. The number of nitrogens with zero attached hydrogens (tertiary/aromatic N) is 1.